The predicted octanol–water partition coefficient (Wildman–Crippen LogP) is 3.02. The van der Waals surface area contributed by atoms with Crippen LogP contribution in [0.2, 0.25) is 0 Å². The Kier molecular flexibility index (Phi) is 5.58. The van der Waals surface area contributed by atoms with Crippen LogP contribution in [0.15, 0.2) is 60.5 Å². The molecule has 0 bridgehead atoms. The summed E-state index contributed by atoms with van der Waals surface area (Å²) < 4.78 is 1.96. The highest BCUT2D eigenvalue weighted by Gasteiger charge is 2.14. The molecule has 0 unspecified atom stereocenters. The lowest BCUT2D eigenvalue weighted by molar-refractivity contribution is 0.0953. The van der Waals surface area contributed by atoms with Gasteiger partial charge in [0.1, 0.15) is 0 Å². The fourth-order valence-corrected chi connectivity index (χ4v) is 2.98. The van der Waals surface area contributed by atoms with E-state index < -0.39 is 0 Å². The van der Waals surface area contributed by atoms with Crippen LogP contribution in [0, 0.1) is 0 Å². The lowest BCUT2D eigenvalue weighted by atomic mass is 10.1. The number of rotatable bonds is 7. The lowest BCUT2D eigenvalue weighted by Crippen LogP contribution is -2.26. The number of nitrogens with one attached hydrogen (secondary N) is 2. The van der Waals surface area contributed by atoms with E-state index in [9.17, 15) is 9.59 Å². The standard InChI is InChI=1S/C18H18N4O2S/c23-17(20-8-4-10-22-11-9-19-13-22)14-5-1-2-6-15(14)21-18(24)16-7-3-12-25-16/h1-3,5-7,9,11-13H,4,8,10H2,(H,20,23)(H,21,24). The maximum absolute atomic E-state index is 12.4. The zero-order valence-corrected chi connectivity index (χ0v) is 14.3. The zero-order chi connectivity index (χ0) is 17.5. The van der Waals surface area contributed by atoms with Crippen LogP contribution in [0.3, 0.4) is 0 Å². The Hall–Kier alpha value is -2.93. The van der Waals surface area contributed by atoms with Gasteiger partial charge in [0.2, 0.25) is 0 Å². The van der Waals surface area contributed by atoms with Crippen LogP contribution in [-0.2, 0) is 6.54 Å². The number of carbonyl (C=O) groups excluding carboxylic acids is 2. The molecule has 25 heavy (non-hydrogen) atoms. The van der Waals surface area contributed by atoms with Gasteiger partial charge in [0.25, 0.3) is 11.8 Å². The molecule has 6 nitrogen and oxygen atoms in total. The highest BCUT2D eigenvalue weighted by Crippen LogP contribution is 2.17. The number of thiophene rings is 1. The van der Waals surface area contributed by atoms with Crippen molar-refractivity contribution in [3.63, 3.8) is 0 Å². The molecule has 0 radical (unpaired) electrons. The van der Waals surface area contributed by atoms with E-state index in [0.29, 0.717) is 22.7 Å². The number of anilines is 1. The van der Waals surface area contributed by atoms with E-state index in [-0.39, 0.29) is 11.8 Å². The van der Waals surface area contributed by atoms with Crippen molar-refractivity contribution in [3.05, 3.63) is 70.9 Å². The number of amides is 2. The molecule has 3 rings (SSSR count). The quantitative estimate of drug-likeness (QED) is 0.640. The van der Waals surface area contributed by atoms with Crippen LogP contribution in [0.25, 0.3) is 0 Å². The average molecular weight is 354 g/mol. The number of nitrogens with zero attached hydrogens (tertiary/aromatic N) is 2. The molecule has 0 aliphatic heterocycles. The second kappa shape index (κ2) is 8.25. The highest BCUT2D eigenvalue weighted by molar-refractivity contribution is 7.12. The molecular formula is C18H18N4O2S. The number of hydrogen-bond acceptors (Lipinski definition) is 4. The second-order valence-electron chi connectivity index (χ2n) is 5.39. The Morgan fingerprint density at radius 1 is 1.12 bits per heavy atom. The Bertz CT molecular complexity index is 829. The third-order valence-electron chi connectivity index (χ3n) is 3.60. The number of aromatic nitrogens is 2. The van der Waals surface area contributed by atoms with Crippen molar-refractivity contribution in [1.29, 1.82) is 0 Å². The van der Waals surface area contributed by atoms with Crippen LogP contribution in [0.4, 0.5) is 5.69 Å². The Morgan fingerprint density at radius 2 is 2.00 bits per heavy atom. The molecule has 2 N–H and O–H groups in total. The molecule has 0 aliphatic carbocycles. The van der Waals surface area contributed by atoms with E-state index in [1.165, 1.54) is 11.3 Å². The van der Waals surface area contributed by atoms with E-state index in [1.54, 1.807) is 42.9 Å². The van der Waals surface area contributed by atoms with Gasteiger partial charge < -0.3 is 15.2 Å². The van der Waals surface area contributed by atoms with Crippen LogP contribution in [0.5, 0.6) is 0 Å². The maximum Gasteiger partial charge on any atom is 0.265 e. The first-order valence-corrected chi connectivity index (χ1v) is 8.80. The molecule has 0 aliphatic rings. The van der Waals surface area contributed by atoms with Gasteiger partial charge in [-0.1, -0.05) is 18.2 Å². The number of benzene rings is 1. The molecule has 0 fully saturated rings. The average Bonchev–Trinajstić information content (AvgIpc) is 3.32. The van der Waals surface area contributed by atoms with E-state index in [0.717, 1.165) is 13.0 Å². The molecule has 2 amide bonds. The van der Waals surface area contributed by atoms with Crippen LogP contribution >= 0.6 is 11.3 Å². The first-order valence-electron chi connectivity index (χ1n) is 7.92. The molecular weight excluding hydrogens is 336 g/mol. The minimum atomic E-state index is -0.213. The van der Waals surface area contributed by atoms with Gasteiger partial charge in [-0.05, 0) is 30.0 Å². The monoisotopic (exact) mass is 354 g/mol. The van der Waals surface area contributed by atoms with Gasteiger partial charge in [0, 0.05) is 25.5 Å². The number of hydrogen-bond donors (Lipinski definition) is 2. The Balaban J connectivity index is 1.57. The van der Waals surface area contributed by atoms with Crippen molar-refractivity contribution in [2.24, 2.45) is 0 Å². The maximum atomic E-state index is 12.4. The Labute approximate surface area is 149 Å². The summed E-state index contributed by atoms with van der Waals surface area (Å²) in [5.74, 6) is -0.414. The van der Waals surface area contributed by atoms with Crippen LogP contribution in [0.1, 0.15) is 26.5 Å². The SMILES string of the molecule is O=C(Nc1ccccc1C(=O)NCCCn1ccnc1)c1cccs1. The van der Waals surface area contributed by atoms with Gasteiger partial charge in [0.15, 0.2) is 0 Å². The summed E-state index contributed by atoms with van der Waals surface area (Å²) in [7, 11) is 0. The van der Waals surface area contributed by atoms with E-state index in [4.69, 9.17) is 0 Å². The highest BCUT2D eigenvalue weighted by atomic mass is 32.1. The third kappa shape index (κ3) is 4.54. The van der Waals surface area contributed by atoms with Gasteiger partial charge in [-0.3, -0.25) is 9.59 Å². The summed E-state index contributed by atoms with van der Waals surface area (Å²) in [5, 5.41) is 7.53. The second-order valence-corrected chi connectivity index (χ2v) is 6.33. The third-order valence-corrected chi connectivity index (χ3v) is 4.47. The summed E-state index contributed by atoms with van der Waals surface area (Å²) >= 11 is 1.36. The van der Waals surface area contributed by atoms with Crippen LogP contribution in [-0.4, -0.2) is 27.9 Å². The van der Waals surface area contributed by atoms with Crippen molar-refractivity contribution in [2.45, 2.75) is 13.0 Å². The van der Waals surface area contributed by atoms with E-state index in [2.05, 4.69) is 15.6 Å². The summed E-state index contributed by atoms with van der Waals surface area (Å²) in [4.78, 5) is 29.2. The molecule has 0 spiro atoms. The predicted molar refractivity (Wildman–Crippen MR) is 97.9 cm³/mol. The number of imidazole rings is 1. The minimum absolute atomic E-state index is 0.201. The molecule has 2 heterocycles. The molecule has 1 aromatic carbocycles. The molecule has 0 saturated heterocycles. The number of aryl methyl sites for hydroxylation is 1. The van der Waals surface area contributed by atoms with Gasteiger partial charge >= 0.3 is 0 Å². The summed E-state index contributed by atoms with van der Waals surface area (Å²) in [5.41, 5.74) is 0.961. The molecule has 3 aromatic rings. The van der Waals surface area contributed by atoms with Gasteiger partial charge in [-0.25, -0.2) is 4.98 Å². The van der Waals surface area contributed by atoms with Crippen molar-refractivity contribution in [1.82, 2.24) is 14.9 Å². The van der Waals surface area contributed by atoms with Crippen molar-refractivity contribution >= 4 is 28.8 Å². The summed E-state index contributed by atoms with van der Waals surface area (Å²) in [6.45, 7) is 1.33. The smallest absolute Gasteiger partial charge is 0.265 e. The fraction of sp³-hybridized carbons (Fsp3) is 0.167. The number of para-hydroxylation sites is 1. The minimum Gasteiger partial charge on any atom is -0.352 e. The summed E-state index contributed by atoms with van der Waals surface area (Å²) in [6, 6.07) is 10.6. The topological polar surface area (TPSA) is 76.0 Å². The molecule has 2 aromatic heterocycles. The van der Waals surface area contributed by atoms with Crippen LogP contribution < -0.4 is 10.6 Å². The molecule has 128 valence electrons. The van der Waals surface area contributed by atoms with Crippen molar-refractivity contribution < 1.29 is 9.59 Å². The fourth-order valence-electron chi connectivity index (χ4n) is 2.36. The summed E-state index contributed by atoms with van der Waals surface area (Å²) in [6.07, 6.45) is 6.16. The van der Waals surface area contributed by atoms with E-state index in [1.807, 2.05) is 22.2 Å². The van der Waals surface area contributed by atoms with E-state index >= 15 is 0 Å². The molecule has 7 heteroatoms. The molecule has 0 atom stereocenters. The van der Waals surface area contributed by atoms with Crippen molar-refractivity contribution in [3.8, 4) is 0 Å². The van der Waals surface area contributed by atoms with Gasteiger partial charge in [-0.15, -0.1) is 11.3 Å². The van der Waals surface area contributed by atoms with Gasteiger partial charge in [-0.2, -0.15) is 0 Å². The first-order chi connectivity index (χ1) is 12.2. The Morgan fingerprint density at radius 3 is 2.76 bits per heavy atom. The number of carbonyl (C=O) groups is 2. The largest absolute Gasteiger partial charge is 0.352 e. The first kappa shape index (κ1) is 16.9. The normalized spacial score (nSPS) is 10.4. The molecule has 0 saturated carbocycles. The zero-order valence-electron chi connectivity index (χ0n) is 13.5. The van der Waals surface area contributed by atoms with Crippen molar-refractivity contribution in [2.75, 3.05) is 11.9 Å². The lowest BCUT2D eigenvalue weighted by Gasteiger charge is -2.11. The van der Waals surface area contributed by atoms with Gasteiger partial charge in [0.05, 0.1) is 22.5 Å².